The molecule has 1 atom stereocenters. The number of fused-ring (bicyclic) bond motifs is 1. The van der Waals surface area contributed by atoms with Crippen LogP contribution in [0, 0.1) is 28.1 Å². The van der Waals surface area contributed by atoms with Crippen LogP contribution in [0.3, 0.4) is 0 Å². The lowest BCUT2D eigenvalue weighted by Gasteiger charge is -2.63. The lowest BCUT2D eigenvalue weighted by Crippen LogP contribution is -2.74. The molecule has 3 aliphatic heterocycles. The van der Waals surface area contributed by atoms with Crippen molar-refractivity contribution in [3.63, 3.8) is 0 Å². The number of benzene rings is 2. The van der Waals surface area contributed by atoms with E-state index in [1.54, 1.807) is 30.5 Å². The summed E-state index contributed by atoms with van der Waals surface area (Å²) in [6.07, 6.45) is 5.17. The third kappa shape index (κ3) is 8.02. The second kappa shape index (κ2) is 16.5. The van der Waals surface area contributed by atoms with E-state index in [0.29, 0.717) is 38.7 Å². The third-order valence-electron chi connectivity index (χ3n) is 13.1. The molecule has 4 aromatic rings. The van der Waals surface area contributed by atoms with Crippen LogP contribution in [0.4, 0.5) is 11.5 Å². The molecule has 1 unspecified atom stereocenters. The van der Waals surface area contributed by atoms with E-state index in [2.05, 4.69) is 69.4 Å². The topological polar surface area (TPSA) is 179 Å². The number of piperazine rings is 1. The van der Waals surface area contributed by atoms with E-state index < -0.39 is 11.9 Å². The van der Waals surface area contributed by atoms with E-state index in [-0.39, 0.29) is 53.2 Å². The third-order valence-corrected chi connectivity index (χ3v) is 13.5. The summed E-state index contributed by atoms with van der Waals surface area (Å²) in [7, 11) is 0. The molecule has 0 spiro atoms. The summed E-state index contributed by atoms with van der Waals surface area (Å²) >= 11 is 6.25. The van der Waals surface area contributed by atoms with Gasteiger partial charge < -0.3 is 19.9 Å². The smallest absolute Gasteiger partial charge is 0.278 e. The Balaban J connectivity index is 0.781. The van der Waals surface area contributed by atoms with Crippen LogP contribution in [0.2, 0.25) is 5.02 Å². The van der Waals surface area contributed by atoms with Crippen molar-refractivity contribution < 1.29 is 19.1 Å². The second-order valence-electron chi connectivity index (χ2n) is 17.8. The number of halogens is 1. The summed E-state index contributed by atoms with van der Waals surface area (Å²) < 4.78 is 7.48. The molecule has 15 nitrogen and oxygen atoms in total. The number of anilines is 2. The Morgan fingerprint density at radius 2 is 1.70 bits per heavy atom. The van der Waals surface area contributed by atoms with E-state index in [1.807, 2.05) is 24.3 Å². The average molecular weight is 835 g/mol. The quantitative estimate of drug-likeness (QED) is 0.210. The van der Waals surface area contributed by atoms with Crippen molar-refractivity contribution in [1.29, 1.82) is 5.26 Å². The van der Waals surface area contributed by atoms with Crippen molar-refractivity contribution in [2.45, 2.75) is 78.0 Å². The lowest BCUT2D eigenvalue weighted by molar-refractivity contribution is -0.164. The Morgan fingerprint density at radius 3 is 2.37 bits per heavy atom. The molecule has 314 valence electrons. The Morgan fingerprint density at radius 1 is 0.950 bits per heavy atom. The highest BCUT2D eigenvalue weighted by molar-refractivity contribution is 6.31. The zero-order chi connectivity index (χ0) is 42.3. The second-order valence-corrected chi connectivity index (χ2v) is 18.2. The van der Waals surface area contributed by atoms with Gasteiger partial charge >= 0.3 is 0 Å². The number of nitrogens with one attached hydrogen (secondary N) is 2. The number of imide groups is 1. The maximum atomic E-state index is 13.5. The van der Waals surface area contributed by atoms with Crippen molar-refractivity contribution in [1.82, 2.24) is 35.5 Å². The molecule has 5 heterocycles. The van der Waals surface area contributed by atoms with Gasteiger partial charge in [0, 0.05) is 80.5 Å². The number of hydrogen-bond donors (Lipinski definition) is 2. The summed E-state index contributed by atoms with van der Waals surface area (Å²) in [6.45, 7) is 14.8. The van der Waals surface area contributed by atoms with Crippen molar-refractivity contribution >= 4 is 51.7 Å². The Labute approximate surface area is 354 Å². The molecule has 16 heteroatoms. The van der Waals surface area contributed by atoms with Crippen LogP contribution in [-0.4, -0.2) is 101 Å². The molecule has 0 radical (unpaired) electrons. The molecule has 4 fully saturated rings. The van der Waals surface area contributed by atoms with Crippen LogP contribution < -0.4 is 30.7 Å². The first-order valence-electron chi connectivity index (χ1n) is 20.8. The fraction of sp³-hybridized carbons (Fsp3) is 0.500. The first-order chi connectivity index (χ1) is 28.7. The minimum Gasteiger partial charge on any atom is -0.489 e. The van der Waals surface area contributed by atoms with Gasteiger partial charge in [0.15, 0.2) is 0 Å². The number of rotatable bonds is 10. The fourth-order valence-corrected chi connectivity index (χ4v) is 10.1. The summed E-state index contributed by atoms with van der Waals surface area (Å²) in [5, 5.41) is 23.7. The van der Waals surface area contributed by atoms with Crippen molar-refractivity contribution in [3.8, 4) is 11.8 Å². The first kappa shape index (κ1) is 41.2. The molecule has 1 saturated carbocycles. The molecule has 60 heavy (non-hydrogen) atoms. The summed E-state index contributed by atoms with van der Waals surface area (Å²) in [6, 6.07) is 15.6. The van der Waals surface area contributed by atoms with Crippen LogP contribution in [-0.2, 0) is 9.59 Å². The average Bonchev–Trinajstić information content (AvgIpc) is 3.24. The molecule has 1 aliphatic carbocycles. The number of pyridine rings is 1. The van der Waals surface area contributed by atoms with E-state index in [1.165, 1.54) is 0 Å². The van der Waals surface area contributed by atoms with Gasteiger partial charge in [-0.1, -0.05) is 44.5 Å². The first-order valence-corrected chi connectivity index (χ1v) is 21.2. The number of hydrogen-bond acceptors (Lipinski definition) is 12. The van der Waals surface area contributed by atoms with Crippen LogP contribution in [0.5, 0.6) is 5.75 Å². The highest BCUT2D eigenvalue weighted by Crippen LogP contribution is 2.55. The molecule has 3 amide bonds. The highest BCUT2D eigenvalue weighted by Gasteiger charge is 2.64. The molecule has 2 aromatic carbocycles. The monoisotopic (exact) mass is 834 g/mol. The number of aromatic nitrogens is 4. The van der Waals surface area contributed by atoms with Crippen LogP contribution >= 0.6 is 11.6 Å². The van der Waals surface area contributed by atoms with Gasteiger partial charge in [-0.05, 0) is 80.6 Å². The molecule has 0 bridgehead atoms. The fourth-order valence-electron chi connectivity index (χ4n) is 9.92. The van der Waals surface area contributed by atoms with E-state index in [9.17, 15) is 24.4 Å². The van der Waals surface area contributed by atoms with Crippen LogP contribution in [0.1, 0.15) is 81.8 Å². The van der Waals surface area contributed by atoms with Gasteiger partial charge in [-0.2, -0.15) is 9.94 Å². The predicted molar refractivity (Wildman–Crippen MR) is 227 cm³/mol. The van der Waals surface area contributed by atoms with Gasteiger partial charge in [0.2, 0.25) is 5.91 Å². The number of carbonyl (C=O) groups is 3. The number of piperidine rings is 2. The standard InChI is InChI=1S/C44H51ClN10O5/c1-43(2)41(44(3,4)42(43)60-31-8-5-28(25-46)33(45)24-31)49-38(57)29-6-11-36(47-26-29)54-17-14-27(15-18-54)13-16-52-19-21-53(22-20-52)30-7-9-34-32(23-30)40(59)55(51-50-34)35-10-12-37(56)48-39(35)58/h5-9,11,23-24,26-27,35,41-42H,10,12-22H2,1-4H3,(H,49,57)(H,48,56,58). The molecule has 2 N–H and O–H groups in total. The maximum absolute atomic E-state index is 13.5. The zero-order valence-corrected chi connectivity index (χ0v) is 35.2. The van der Waals surface area contributed by atoms with Crippen LogP contribution in [0.15, 0.2) is 59.5 Å². The molecule has 4 aliphatic rings. The van der Waals surface area contributed by atoms with Crippen LogP contribution in [0.25, 0.3) is 10.9 Å². The van der Waals surface area contributed by atoms with Crippen molar-refractivity contribution in [3.05, 3.63) is 81.2 Å². The zero-order valence-electron chi connectivity index (χ0n) is 34.5. The normalized spacial score (nSPS) is 23.1. The predicted octanol–water partition coefficient (Wildman–Crippen LogP) is 4.73. The molecule has 8 rings (SSSR count). The molecular formula is C44H51ClN10O5. The number of nitriles is 1. The molecule has 3 saturated heterocycles. The minimum atomic E-state index is -0.852. The Hall–Kier alpha value is -5.59. The van der Waals surface area contributed by atoms with Gasteiger partial charge in [-0.15, -0.1) is 5.10 Å². The number of nitrogens with zero attached hydrogens (tertiary/aromatic N) is 8. The van der Waals surface area contributed by atoms with E-state index in [4.69, 9.17) is 21.3 Å². The van der Waals surface area contributed by atoms with E-state index >= 15 is 0 Å². The van der Waals surface area contributed by atoms with Gasteiger partial charge in [0.1, 0.15) is 35.3 Å². The largest absolute Gasteiger partial charge is 0.489 e. The summed E-state index contributed by atoms with van der Waals surface area (Å²) in [5.74, 6) is 1.07. The number of ether oxygens (including phenoxy) is 1. The van der Waals surface area contributed by atoms with Gasteiger partial charge in [0.25, 0.3) is 17.4 Å². The van der Waals surface area contributed by atoms with E-state index in [0.717, 1.165) is 81.3 Å². The molecular weight excluding hydrogens is 784 g/mol. The number of amides is 3. The maximum Gasteiger partial charge on any atom is 0.278 e. The SMILES string of the molecule is CC1(C)C(NC(=O)c2ccc(N3CCC(CCN4CCN(c5ccc6nnn(C7CCC(=O)NC7=O)c(=O)c6c5)CC4)CC3)nc2)C(C)(C)C1Oc1ccc(C#N)c(Cl)c1. The minimum absolute atomic E-state index is 0.143. The molecule has 2 aromatic heterocycles. The highest BCUT2D eigenvalue weighted by atomic mass is 35.5. The van der Waals surface area contributed by atoms with Gasteiger partial charge in [-0.3, -0.25) is 29.4 Å². The summed E-state index contributed by atoms with van der Waals surface area (Å²) in [5.41, 5.74) is 1.22. The summed E-state index contributed by atoms with van der Waals surface area (Å²) in [4.78, 5) is 62.7. The van der Waals surface area contributed by atoms with Crippen molar-refractivity contribution in [2.24, 2.45) is 16.7 Å². The van der Waals surface area contributed by atoms with Gasteiger partial charge in [0.05, 0.1) is 21.5 Å². The van der Waals surface area contributed by atoms with Crippen molar-refractivity contribution in [2.75, 3.05) is 55.6 Å². The Kier molecular flexibility index (Phi) is 11.3. The Bertz CT molecular complexity index is 2380. The van der Waals surface area contributed by atoms with Gasteiger partial charge in [-0.25, -0.2) is 4.98 Å². The number of carbonyl (C=O) groups excluding carboxylic acids is 3. The lowest BCUT2D eigenvalue weighted by atomic mass is 9.49.